The smallest absolute Gasteiger partial charge is 0.255 e. The average molecular weight is 277 g/mol. The number of pyridine rings is 1. The highest BCUT2D eigenvalue weighted by Crippen LogP contribution is 2.28. The molecule has 0 radical (unpaired) electrons. The van der Waals surface area contributed by atoms with E-state index in [4.69, 9.17) is 5.73 Å². The number of carbonyl (C=O) groups is 1. The maximum absolute atomic E-state index is 12.6. The normalized spacial score (nSPS) is 22.5. The van der Waals surface area contributed by atoms with E-state index in [9.17, 15) is 9.59 Å². The van der Waals surface area contributed by atoms with Gasteiger partial charge in [0.25, 0.3) is 5.91 Å². The van der Waals surface area contributed by atoms with Crippen molar-refractivity contribution in [1.82, 2.24) is 9.88 Å². The number of rotatable bonds is 4. The molecule has 1 fully saturated rings. The van der Waals surface area contributed by atoms with Crippen LogP contribution in [-0.2, 0) is 0 Å². The molecular weight excluding hydrogens is 254 g/mol. The zero-order valence-electron chi connectivity index (χ0n) is 12.0. The molecular formula is C15H23N3O2. The van der Waals surface area contributed by atoms with Gasteiger partial charge in [-0.25, -0.2) is 0 Å². The van der Waals surface area contributed by atoms with E-state index in [-0.39, 0.29) is 17.5 Å². The highest BCUT2D eigenvalue weighted by Gasteiger charge is 2.31. The number of hydrogen-bond donors (Lipinski definition) is 2. The van der Waals surface area contributed by atoms with Crippen LogP contribution in [0.15, 0.2) is 23.1 Å². The van der Waals surface area contributed by atoms with Gasteiger partial charge in [-0.1, -0.05) is 12.8 Å². The van der Waals surface area contributed by atoms with Crippen LogP contribution < -0.4 is 11.3 Å². The lowest BCUT2D eigenvalue weighted by Gasteiger charge is -2.39. The van der Waals surface area contributed by atoms with Crippen molar-refractivity contribution in [3.8, 4) is 0 Å². The standard InChI is InChI=1S/C15H23N3O2/c1-2-18(13-6-4-3-5-11(13)9-16)15(20)12-7-8-14(19)17-10-12/h7-8,10-11,13H,2-6,9,16H2,1H3,(H,17,19). The van der Waals surface area contributed by atoms with Gasteiger partial charge in [0.2, 0.25) is 5.56 Å². The summed E-state index contributed by atoms with van der Waals surface area (Å²) in [5.74, 6) is 0.365. The summed E-state index contributed by atoms with van der Waals surface area (Å²) in [6, 6.07) is 3.20. The van der Waals surface area contributed by atoms with E-state index in [2.05, 4.69) is 4.98 Å². The van der Waals surface area contributed by atoms with Gasteiger partial charge in [-0.05, 0) is 38.3 Å². The lowest BCUT2D eigenvalue weighted by Crippen LogP contribution is -2.48. The van der Waals surface area contributed by atoms with Gasteiger partial charge in [-0.2, -0.15) is 0 Å². The molecule has 1 amide bonds. The molecule has 1 aromatic rings. The first-order chi connectivity index (χ1) is 9.67. The van der Waals surface area contributed by atoms with E-state index in [0.29, 0.717) is 24.6 Å². The van der Waals surface area contributed by atoms with Crippen LogP contribution in [-0.4, -0.2) is 34.9 Å². The second-order valence-electron chi connectivity index (χ2n) is 5.38. The van der Waals surface area contributed by atoms with E-state index < -0.39 is 0 Å². The van der Waals surface area contributed by atoms with Crippen molar-refractivity contribution in [2.24, 2.45) is 11.7 Å². The van der Waals surface area contributed by atoms with Crippen LogP contribution in [0.25, 0.3) is 0 Å². The van der Waals surface area contributed by atoms with E-state index in [0.717, 1.165) is 19.3 Å². The number of nitrogens with two attached hydrogens (primary N) is 1. The van der Waals surface area contributed by atoms with Crippen LogP contribution in [0.5, 0.6) is 0 Å². The molecule has 5 nitrogen and oxygen atoms in total. The van der Waals surface area contributed by atoms with E-state index in [1.54, 1.807) is 6.07 Å². The number of aromatic nitrogens is 1. The Hall–Kier alpha value is -1.62. The minimum Gasteiger partial charge on any atom is -0.336 e. The number of H-pyrrole nitrogens is 1. The molecule has 2 unspecified atom stereocenters. The number of aromatic amines is 1. The highest BCUT2D eigenvalue weighted by atomic mass is 16.2. The molecule has 1 aliphatic rings. The van der Waals surface area contributed by atoms with Crippen LogP contribution in [0.4, 0.5) is 0 Å². The van der Waals surface area contributed by atoms with Crippen molar-refractivity contribution in [2.45, 2.75) is 38.6 Å². The van der Waals surface area contributed by atoms with Crippen LogP contribution in [0, 0.1) is 5.92 Å². The number of carbonyl (C=O) groups excluding carboxylic acids is 1. The largest absolute Gasteiger partial charge is 0.336 e. The molecule has 1 saturated carbocycles. The summed E-state index contributed by atoms with van der Waals surface area (Å²) in [6.45, 7) is 3.28. The maximum Gasteiger partial charge on any atom is 0.255 e. The molecule has 20 heavy (non-hydrogen) atoms. The van der Waals surface area contributed by atoms with Gasteiger partial charge >= 0.3 is 0 Å². The monoisotopic (exact) mass is 277 g/mol. The maximum atomic E-state index is 12.6. The molecule has 0 spiro atoms. The average Bonchev–Trinajstić information content (AvgIpc) is 2.49. The molecule has 1 aliphatic carbocycles. The Kier molecular flexibility index (Phi) is 4.95. The molecule has 1 heterocycles. The van der Waals surface area contributed by atoms with E-state index >= 15 is 0 Å². The lowest BCUT2D eigenvalue weighted by molar-refractivity contribution is 0.0559. The molecule has 1 aromatic heterocycles. The van der Waals surface area contributed by atoms with Gasteiger partial charge in [0.15, 0.2) is 0 Å². The molecule has 0 saturated heterocycles. The Morgan fingerprint density at radius 1 is 1.40 bits per heavy atom. The topological polar surface area (TPSA) is 79.2 Å². The Morgan fingerprint density at radius 3 is 2.75 bits per heavy atom. The third kappa shape index (κ3) is 3.10. The SMILES string of the molecule is CCN(C(=O)c1ccc(=O)[nH]c1)C1CCCCC1CN. The van der Waals surface area contributed by atoms with Gasteiger partial charge in [0, 0.05) is 24.8 Å². The molecule has 0 aliphatic heterocycles. The van der Waals surface area contributed by atoms with Crippen molar-refractivity contribution in [3.05, 3.63) is 34.2 Å². The summed E-state index contributed by atoms with van der Waals surface area (Å²) in [5, 5.41) is 0. The van der Waals surface area contributed by atoms with Crippen LogP contribution >= 0.6 is 0 Å². The third-order valence-electron chi connectivity index (χ3n) is 4.20. The zero-order valence-corrected chi connectivity index (χ0v) is 12.0. The fourth-order valence-corrected chi connectivity index (χ4v) is 3.11. The molecule has 2 rings (SSSR count). The van der Waals surface area contributed by atoms with Gasteiger partial charge in [-0.3, -0.25) is 9.59 Å². The molecule has 0 bridgehead atoms. The van der Waals surface area contributed by atoms with Gasteiger partial charge < -0.3 is 15.6 Å². The summed E-state index contributed by atoms with van der Waals surface area (Å²) >= 11 is 0. The van der Waals surface area contributed by atoms with Crippen molar-refractivity contribution >= 4 is 5.91 Å². The first-order valence-electron chi connectivity index (χ1n) is 7.37. The predicted molar refractivity (Wildman–Crippen MR) is 78.6 cm³/mol. The number of hydrogen-bond acceptors (Lipinski definition) is 3. The Morgan fingerprint density at radius 2 is 2.15 bits per heavy atom. The summed E-state index contributed by atoms with van der Waals surface area (Å²) < 4.78 is 0. The van der Waals surface area contributed by atoms with Gasteiger partial charge in [-0.15, -0.1) is 0 Å². The number of nitrogens with one attached hydrogen (secondary N) is 1. The Bertz CT molecular complexity index is 492. The minimum absolute atomic E-state index is 0.0194. The lowest BCUT2D eigenvalue weighted by atomic mass is 9.83. The first-order valence-corrected chi connectivity index (χ1v) is 7.37. The van der Waals surface area contributed by atoms with Crippen molar-refractivity contribution in [3.63, 3.8) is 0 Å². The third-order valence-corrected chi connectivity index (χ3v) is 4.20. The summed E-state index contributed by atoms with van der Waals surface area (Å²) in [4.78, 5) is 28.2. The molecule has 2 atom stereocenters. The fourth-order valence-electron chi connectivity index (χ4n) is 3.11. The number of nitrogens with zero attached hydrogens (tertiary/aromatic N) is 1. The molecule has 5 heteroatoms. The van der Waals surface area contributed by atoms with Crippen molar-refractivity contribution < 1.29 is 4.79 Å². The molecule has 110 valence electrons. The highest BCUT2D eigenvalue weighted by molar-refractivity contribution is 5.94. The zero-order chi connectivity index (χ0) is 14.5. The quantitative estimate of drug-likeness (QED) is 0.872. The summed E-state index contributed by atoms with van der Waals surface area (Å²) in [6.07, 6.45) is 5.95. The van der Waals surface area contributed by atoms with Crippen molar-refractivity contribution in [1.29, 1.82) is 0 Å². The molecule has 3 N–H and O–H groups in total. The van der Waals surface area contributed by atoms with E-state index in [1.165, 1.54) is 18.7 Å². The van der Waals surface area contributed by atoms with Crippen LogP contribution in [0.3, 0.4) is 0 Å². The Labute approximate surface area is 119 Å². The van der Waals surface area contributed by atoms with Crippen molar-refractivity contribution in [2.75, 3.05) is 13.1 Å². The second-order valence-corrected chi connectivity index (χ2v) is 5.38. The molecule has 0 aromatic carbocycles. The summed E-state index contributed by atoms with van der Waals surface area (Å²) in [5.41, 5.74) is 6.20. The Balaban J connectivity index is 2.19. The van der Waals surface area contributed by atoms with Crippen LogP contribution in [0.2, 0.25) is 0 Å². The van der Waals surface area contributed by atoms with E-state index in [1.807, 2.05) is 11.8 Å². The fraction of sp³-hybridized carbons (Fsp3) is 0.600. The number of amides is 1. The van der Waals surface area contributed by atoms with Gasteiger partial charge in [0.05, 0.1) is 5.56 Å². The predicted octanol–water partition coefficient (Wildman–Crippen LogP) is 1.35. The van der Waals surface area contributed by atoms with Crippen LogP contribution in [0.1, 0.15) is 43.0 Å². The minimum atomic E-state index is -0.193. The summed E-state index contributed by atoms with van der Waals surface area (Å²) in [7, 11) is 0. The second kappa shape index (κ2) is 6.70. The first kappa shape index (κ1) is 14.8. The van der Waals surface area contributed by atoms with Gasteiger partial charge in [0.1, 0.15) is 0 Å².